The van der Waals surface area contributed by atoms with E-state index in [9.17, 15) is 4.79 Å². The number of ether oxygens (including phenoxy) is 2. The minimum absolute atomic E-state index is 0.252. The smallest absolute Gasteiger partial charge is 0.248 e. The third-order valence-electron chi connectivity index (χ3n) is 3.29. The summed E-state index contributed by atoms with van der Waals surface area (Å²) in [5.41, 5.74) is 1.43. The van der Waals surface area contributed by atoms with Crippen LogP contribution in [0.5, 0.6) is 11.5 Å². The van der Waals surface area contributed by atoms with E-state index in [1.807, 2.05) is 37.3 Å². The van der Waals surface area contributed by atoms with E-state index in [0.717, 1.165) is 12.0 Å². The first kappa shape index (κ1) is 18.9. The maximum absolute atomic E-state index is 12.0. The molecule has 0 spiro atoms. The largest absolute Gasteiger partial charge is 0.490 e. The van der Waals surface area contributed by atoms with Gasteiger partial charge in [0.25, 0.3) is 0 Å². The zero-order valence-electron chi connectivity index (χ0n) is 14.4. The third kappa shape index (κ3) is 5.84. The molecule has 0 heterocycles. The second-order valence-corrected chi connectivity index (χ2v) is 5.70. The Morgan fingerprint density at radius 2 is 1.92 bits per heavy atom. The molecular weight excluding hydrogens is 338 g/mol. The van der Waals surface area contributed by atoms with Gasteiger partial charge in [0, 0.05) is 6.08 Å². The summed E-state index contributed by atoms with van der Waals surface area (Å²) in [5, 5.41) is 3.25. The van der Waals surface area contributed by atoms with Crippen LogP contribution in [0.1, 0.15) is 25.8 Å². The molecule has 132 valence electrons. The van der Waals surface area contributed by atoms with Crippen molar-refractivity contribution >= 4 is 29.3 Å². The summed E-state index contributed by atoms with van der Waals surface area (Å²) >= 11 is 6.03. The number of benzene rings is 2. The molecule has 0 aliphatic rings. The number of halogens is 1. The van der Waals surface area contributed by atoms with Gasteiger partial charge >= 0.3 is 0 Å². The number of carbonyl (C=O) groups is 1. The average Bonchev–Trinajstić information content (AvgIpc) is 2.61. The molecule has 0 atom stereocenters. The normalized spacial score (nSPS) is 10.7. The molecule has 1 amide bonds. The van der Waals surface area contributed by atoms with Crippen LogP contribution in [-0.4, -0.2) is 19.1 Å². The molecule has 25 heavy (non-hydrogen) atoms. The van der Waals surface area contributed by atoms with Gasteiger partial charge in [0.1, 0.15) is 0 Å². The SMILES string of the molecule is CCCOc1ccc(/C=C/C(=O)Nc2ccccc2Cl)cc1OCC. The number of para-hydroxylation sites is 1. The summed E-state index contributed by atoms with van der Waals surface area (Å²) in [6, 6.07) is 12.7. The van der Waals surface area contributed by atoms with Gasteiger partial charge < -0.3 is 14.8 Å². The molecule has 5 heteroatoms. The summed E-state index contributed by atoms with van der Waals surface area (Å²) in [5.74, 6) is 1.13. The number of rotatable bonds is 8. The van der Waals surface area contributed by atoms with E-state index in [2.05, 4.69) is 12.2 Å². The lowest BCUT2D eigenvalue weighted by Gasteiger charge is -2.12. The number of nitrogens with one attached hydrogen (secondary N) is 1. The van der Waals surface area contributed by atoms with Crippen molar-refractivity contribution in [2.45, 2.75) is 20.3 Å². The topological polar surface area (TPSA) is 47.6 Å². The fraction of sp³-hybridized carbons (Fsp3) is 0.250. The van der Waals surface area contributed by atoms with Crippen LogP contribution in [0.25, 0.3) is 6.08 Å². The standard InChI is InChI=1S/C20H22ClNO3/c1-3-13-25-18-11-9-15(14-19(18)24-4-2)10-12-20(23)22-17-8-6-5-7-16(17)21/h5-12,14H,3-4,13H2,1-2H3,(H,22,23)/b12-10+. The fourth-order valence-electron chi connectivity index (χ4n) is 2.14. The Morgan fingerprint density at radius 1 is 1.12 bits per heavy atom. The third-order valence-corrected chi connectivity index (χ3v) is 3.62. The van der Waals surface area contributed by atoms with Crippen LogP contribution in [-0.2, 0) is 4.79 Å². The first-order valence-corrected chi connectivity index (χ1v) is 8.65. The second kappa shape index (κ2) is 9.74. The zero-order valence-corrected chi connectivity index (χ0v) is 15.2. The van der Waals surface area contributed by atoms with E-state index in [0.29, 0.717) is 35.4 Å². The van der Waals surface area contributed by atoms with E-state index >= 15 is 0 Å². The molecule has 2 aromatic carbocycles. The quantitative estimate of drug-likeness (QED) is 0.660. The molecular formula is C20H22ClNO3. The first-order chi connectivity index (χ1) is 12.1. The second-order valence-electron chi connectivity index (χ2n) is 5.29. The highest BCUT2D eigenvalue weighted by atomic mass is 35.5. The van der Waals surface area contributed by atoms with Crippen LogP contribution in [0.3, 0.4) is 0 Å². The summed E-state index contributed by atoms with van der Waals surface area (Å²) in [6.07, 6.45) is 4.11. The first-order valence-electron chi connectivity index (χ1n) is 8.27. The summed E-state index contributed by atoms with van der Waals surface area (Å²) in [4.78, 5) is 12.0. The predicted octanol–water partition coefficient (Wildman–Crippen LogP) is 5.18. The highest BCUT2D eigenvalue weighted by Gasteiger charge is 2.06. The summed E-state index contributed by atoms with van der Waals surface area (Å²) in [6.45, 7) is 5.15. The molecule has 0 bridgehead atoms. The van der Waals surface area contributed by atoms with Gasteiger partial charge in [0.15, 0.2) is 11.5 Å². The molecule has 0 radical (unpaired) electrons. The van der Waals surface area contributed by atoms with Gasteiger partial charge in [-0.3, -0.25) is 4.79 Å². The van der Waals surface area contributed by atoms with E-state index in [-0.39, 0.29) is 5.91 Å². The van der Waals surface area contributed by atoms with Gasteiger partial charge in [-0.2, -0.15) is 0 Å². The number of hydrogen-bond donors (Lipinski definition) is 1. The van der Waals surface area contributed by atoms with Crippen LogP contribution >= 0.6 is 11.6 Å². The lowest BCUT2D eigenvalue weighted by Crippen LogP contribution is -2.08. The Kier molecular flexibility index (Phi) is 7.36. The molecule has 0 aliphatic heterocycles. The molecule has 2 rings (SSSR count). The van der Waals surface area contributed by atoms with E-state index < -0.39 is 0 Å². The van der Waals surface area contributed by atoms with Crippen molar-refractivity contribution in [3.8, 4) is 11.5 Å². The highest BCUT2D eigenvalue weighted by Crippen LogP contribution is 2.29. The summed E-state index contributed by atoms with van der Waals surface area (Å²) in [7, 11) is 0. The number of hydrogen-bond acceptors (Lipinski definition) is 3. The van der Waals surface area contributed by atoms with Crippen LogP contribution in [0, 0.1) is 0 Å². The monoisotopic (exact) mass is 359 g/mol. The molecule has 4 nitrogen and oxygen atoms in total. The van der Waals surface area contributed by atoms with Gasteiger partial charge in [-0.25, -0.2) is 0 Å². The number of amides is 1. The van der Waals surface area contributed by atoms with Gasteiger partial charge in [0.05, 0.1) is 23.9 Å². The van der Waals surface area contributed by atoms with Crippen LogP contribution in [0.15, 0.2) is 48.5 Å². The maximum Gasteiger partial charge on any atom is 0.248 e. The zero-order chi connectivity index (χ0) is 18.1. The fourth-order valence-corrected chi connectivity index (χ4v) is 2.32. The van der Waals surface area contributed by atoms with Gasteiger partial charge in [-0.1, -0.05) is 36.7 Å². The minimum Gasteiger partial charge on any atom is -0.490 e. The van der Waals surface area contributed by atoms with Crippen molar-refractivity contribution < 1.29 is 14.3 Å². The van der Waals surface area contributed by atoms with Crippen LogP contribution in [0.2, 0.25) is 5.02 Å². The lowest BCUT2D eigenvalue weighted by molar-refractivity contribution is -0.111. The molecule has 2 aromatic rings. The number of anilines is 1. The Balaban J connectivity index is 2.07. The Labute approximate surface area is 153 Å². The van der Waals surface area contributed by atoms with Crippen molar-refractivity contribution in [2.24, 2.45) is 0 Å². The van der Waals surface area contributed by atoms with Gasteiger partial charge in [0.2, 0.25) is 5.91 Å². The van der Waals surface area contributed by atoms with Crippen molar-refractivity contribution in [1.29, 1.82) is 0 Å². The molecule has 0 aromatic heterocycles. The lowest BCUT2D eigenvalue weighted by atomic mass is 10.2. The summed E-state index contributed by atoms with van der Waals surface area (Å²) < 4.78 is 11.3. The van der Waals surface area contributed by atoms with Crippen LogP contribution in [0.4, 0.5) is 5.69 Å². The van der Waals surface area contributed by atoms with Gasteiger partial charge in [-0.15, -0.1) is 0 Å². The van der Waals surface area contributed by atoms with Crippen molar-refractivity contribution in [2.75, 3.05) is 18.5 Å². The Bertz CT molecular complexity index is 743. The van der Waals surface area contributed by atoms with Crippen LogP contribution < -0.4 is 14.8 Å². The molecule has 0 fully saturated rings. The predicted molar refractivity (Wildman–Crippen MR) is 103 cm³/mol. The van der Waals surface area contributed by atoms with Crippen molar-refractivity contribution in [1.82, 2.24) is 0 Å². The van der Waals surface area contributed by atoms with E-state index in [1.165, 1.54) is 6.08 Å². The minimum atomic E-state index is -0.252. The van der Waals surface area contributed by atoms with Gasteiger partial charge in [-0.05, 0) is 49.2 Å². The molecule has 0 saturated heterocycles. The average molecular weight is 360 g/mol. The van der Waals surface area contributed by atoms with Crippen molar-refractivity contribution in [3.05, 3.63) is 59.1 Å². The van der Waals surface area contributed by atoms with E-state index in [4.69, 9.17) is 21.1 Å². The van der Waals surface area contributed by atoms with E-state index in [1.54, 1.807) is 18.2 Å². The van der Waals surface area contributed by atoms with Crippen molar-refractivity contribution in [3.63, 3.8) is 0 Å². The molecule has 1 N–H and O–H groups in total. The Hall–Kier alpha value is -2.46. The highest BCUT2D eigenvalue weighted by molar-refractivity contribution is 6.33. The molecule has 0 unspecified atom stereocenters. The Morgan fingerprint density at radius 3 is 2.64 bits per heavy atom. The molecule has 0 saturated carbocycles. The maximum atomic E-state index is 12.0. The number of carbonyl (C=O) groups excluding carboxylic acids is 1. The molecule has 0 aliphatic carbocycles.